The van der Waals surface area contributed by atoms with E-state index < -0.39 is 17.9 Å². The minimum Gasteiger partial charge on any atom is -0.461 e. The topological polar surface area (TPSA) is 160 Å². The van der Waals surface area contributed by atoms with Crippen molar-refractivity contribution in [2.45, 2.75) is 0 Å². The molecule has 0 spiro atoms. The Hall–Kier alpha value is -4.57. The minimum atomic E-state index is -0.546. The van der Waals surface area contributed by atoms with Gasteiger partial charge in [-0.2, -0.15) is 0 Å². The lowest BCUT2D eigenvalue weighted by atomic mass is 10.2. The van der Waals surface area contributed by atoms with Crippen LogP contribution < -0.4 is 17.2 Å². The Morgan fingerprint density at radius 3 is 1.05 bits per heavy atom. The predicted molar refractivity (Wildman–Crippen MR) is 140 cm³/mol. The third-order valence-electron chi connectivity index (χ3n) is 5.46. The van der Waals surface area contributed by atoms with Crippen molar-refractivity contribution in [1.82, 2.24) is 4.90 Å². The van der Waals surface area contributed by atoms with Crippen LogP contribution in [0.2, 0.25) is 0 Å². The fourth-order valence-electron chi connectivity index (χ4n) is 3.42. The standard InChI is InChI=1S/C27H30N4O6/c28-22-10-4-1-7-19(22)25(32)35-16-13-31(14-17-36-26(33)20-8-2-5-11-23(20)29)15-18-37-27(34)21-9-3-6-12-24(21)30/h1-12H,13-18,28-30H2. The highest BCUT2D eigenvalue weighted by Crippen LogP contribution is 2.14. The number of benzene rings is 3. The van der Waals surface area contributed by atoms with Crippen LogP contribution in [-0.4, -0.2) is 62.3 Å². The molecule has 0 aliphatic rings. The Morgan fingerprint density at radius 1 is 0.514 bits per heavy atom. The quantitative estimate of drug-likeness (QED) is 0.189. The van der Waals surface area contributed by atoms with Crippen molar-refractivity contribution in [3.05, 3.63) is 89.5 Å². The lowest BCUT2D eigenvalue weighted by Gasteiger charge is -2.22. The van der Waals surface area contributed by atoms with Crippen molar-refractivity contribution < 1.29 is 28.6 Å². The zero-order chi connectivity index (χ0) is 26.6. The summed E-state index contributed by atoms with van der Waals surface area (Å²) in [6.07, 6.45) is 0. The van der Waals surface area contributed by atoms with Gasteiger partial charge in [-0.15, -0.1) is 0 Å². The maximum Gasteiger partial charge on any atom is 0.340 e. The van der Waals surface area contributed by atoms with Gasteiger partial charge in [0.2, 0.25) is 0 Å². The number of carbonyl (C=O) groups is 3. The van der Waals surface area contributed by atoms with E-state index in [1.54, 1.807) is 72.8 Å². The molecule has 0 atom stereocenters. The molecule has 10 nitrogen and oxygen atoms in total. The molecule has 6 N–H and O–H groups in total. The fourth-order valence-corrected chi connectivity index (χ4v) is 3.42. The Balaban J connectivity index is 1.53. The molecule has 0 aliphatic heterocycles. The molecule has 0 saturated heterocycles. The summed E-state index contributed by atoms with van der Waals surface area (Å²) in [6, 6.07) is 19.9. The van der Waals surface area contributed by atoms with Gasteiger partial charge in [-0.3, -0.25) is 4.90 Å². The zero-order valence-corrected chi connectivity index (χ0v) is 20.3. The van der Waals surface area contributed by atoms with E-state index in [-0.39, 0.29) is 36.5 Å². The average molecular weight is 507 g/mol. The van der Waals surface area contributed by atoms with E-state index in [1.165, 1.54) is 0 Å². The van der Waals surface area contributed by atoms with Gasteiger partial charge in [0.1, 0.15) is 19.8 Å². The fraction of sp³-hybridized carbons (Fsp3) is 0.222. The van der Waals surface area contributed by atoms with Crippen molar-refractivity contribution in [3.8, 4) is 0 Å². The van der Waals surface area contributed by atoms with E-state index in [2.05, 4.69) is 0 Å². The van der Waals surface area contributed by atoms with Crippen molar-refractivity contribution in [2.24, 2.45) is 0 Å². The first kappa shape index (κ1) is 27.0. The highest BCUT2D eigenvalue weighted by atomic mass is 16.5. The molecule has 194 valence electrons. The molecule has 3 aromatic rings. The van der Waals surface area contributed by atoms with Crippen LogP contribution in [0, 0.1) is 0 Å². The van der Waals surface area contributed by atoms with Crippen LogP contribution in [0.25, 0.3) is 0 Å². The first-order valence-electron chi connectivity index (χ1n) is 11.6. The second-order valence-electron chi connectivity index (χ2n) is 8.01. The van der Waals surface area contributed by atoms with Crippen LogP contribution in [-0.2, 0) is 14.2 Å². The molecule has 0 unspecified atom stereocenters. The largest absolute Gasteiger partial charge is 0.461 e. The Morgan fingerprint density at radius 2 is 0.784 bits per heavy atom. The molecule has 0 radical (unpaired) electrons. The maximum absolute atomic E-state index is 12.3. The van der Waals surface area contributed by atoms with Crippen LogP contribution >= 0.6 is 0 Å². The molecule has 3 aromatic carbocycles. The molecule has 3 rings (SSSR count). The first-order chi connectivity index (χ1) is 17.9. The van der Waals surface area contributed by atoms with E-state index in [0.717, 1.165) is 0 Å². The number of anilines is 3. The van der Waals surface area contributed by atoms with Crippen molar-refractivity contribution >= 4 is 35.0 Å². The number of esters is 3. The predicted octanol–water partition coefficient (Wildman–Crippen LogP) is 2.61. The van der Waals surface area contributed by atoms with E-state index in [0.29, 0.717) is 36.7 Å². The summed E-state index contributed by atoms with van der Waals surface area (Å²) in [5.74, 6) is -1.64. The number of rotatable bonds is 12. The van der Waals surface area contributed by atoms with Gasteiger partial charge < -0.3 is 31.4 Å². The summed E-state index contributed by atoms with van der Waals surface area (Å²) in [6.45, 7) is 1.04. The van der Waals surface area contributed by atoms with Crippen molar-refractivity contribution in [1.29, 1.82) is 0 Å². The van der Waals surface area contributed by atoms with E-state index in [4.69, 9.17) is 31.4 Å². The summed E-state index contributed by atoms with van der Waals surface area (Å²) >= 11 is 0. The normalized spacial score (nSPS) is 10.6. The molecule has 0 aromatic heterocycles. The van der Waals surface area contributed by atoms with Gasteiger partial charge in [-0.05, 0) is 36.4 Å². The molecular weight excluding hydrogens is 476 g/mol. The molecule has 0 heterocycles. The summed E-state index contributed by atoms with van der Waals surface area (Å²) in [5.41, 5.74) is 19.3. The van der Waals surface area contributed by atoms with Crippen molar-refractivity contribution in [3.63, 3.8) is 0 Å². The number of nitrogens with zero attached hydrogens (tertiary/aromatic N) is 1. The van der Waals surface area contributed by atoms with Crippen LogP contribution in [0.3, 0.4) is 0 Å². The number of para-hydroxylation sites is 3. The molecule has 0 saturated carbocycles. The Labute approximate surface area is 214 Å². The lowest BCUT2D eigenvalue weighted by Crippen LogP contribution is -2.35. The Bertz CT molecular complexity index is 1080. The third kappa shape index (κ3) is 7.97. The number of hydrogen-bond acceptors (Lipinski definition) is 10. The van der Waals surface area contributed by atoms with Crippen LogP contribution in [0.15, 0.2) is 72.8 Å². The van der Waals surface area contributed by atoms with Gasteiger partial charge in [0, 0.05) is 36.7 Å². The van der Waals surface area contributed by atoms with E-state index >= 15 is 0 Å². The average Bonchev–Trinajstić information content (AvgIpc) is 2.89. The molecule has 0 amide bonds. The minimum absolute atomic E-state index is 0.0479. The van der Waals surface area contributed by atoms with Gasteiger partial charge in [0.05, 0.1) is 16.7 Å². The van der Waals surface area contributed by atoms with Gasteiger partial charge in [-0.25, -0.2) is 14.4 Å². The van der Waals surface area contributed by atoms with E-state index in [1.807, 2.05) is 4.90 Å². The molecule has 0 fully saturated rings. The smallest absolute Gasteiger partial charge is 0.340 e. The highest BCUT2D eigenvalue weighted by molar-refractivity contribution is 5.96. The Kier molecular flexibility index (Phi) is 9.86. The summed E-state index contributed by atoms with van der Waals surface area (Å²) in [7, 11) is 0. The molecule has 0 aliphatic carbocycles. The number of nitrogen functional groups attached to an aromatic ring is 3. The first-order valence-corrected chi connectivity index (χ1v) is 11.6. The van der Waals surface area contributed by atoms with Crippen LogP contribution in [0.1, 0.15) is 31.1 Å². The molecule has 10 heteroatoms. The zero-order valence-electron chi connectivity index (χ0n) is 20.3. The van der Waals surface area contributed by atoms with Gasteiger partial charge in [-0.1, -0.05) is 36.4 Å². The summed E-state index contributed by atoms with van der Waals surface area (Å²) in [4.78, 5) is 38.9. The van der Waals surface area contributed by atoms with Gasteiger partial charge >= 0.3 is 17.9 Å². The lowest BCUT2D eigenvalue weighted by molar-refractivity contribution is 0.0333. The highest BCUT2D eigenvalue weighted by Gasteiger charge is 2.15. The van der Waals surface area contributed by atoms with Gasteiger partial charge in [0.25, 0.3) is 0 Å². The molecular formula is C27H30N4O6. The third-order valence-corrected chi connectivity index (χ3v) is 5.46. The SMILES string of the molecule is Nc1ccccc1C(=O)OCCN(CCOC(=O)c1ccccc1N)CCOC(=O)c1ccccc1N. The van der Waals surface area contributed by atoms with Crippen molar-refractivity contribution in [2.75, 3.05) is 56.7 Å². The number of nitrogens with two attached hydrogens (primary N) is 3. The van der Waals surface area contributed by atoms with E-state index in [9.17, 15) is 14.4 Å². The molecule has 0 bridgehead atoms. The second kappa shape index (κ2) is 13.5. The second-order valence-corrected chi connectivity index (χ2v) is 8.01. The van der Waals surface area contributed by atoms with Gasteiger partial charge in [0.15, 0.2) is 0 Å². The summed E-state index contributed by atoms with van der Waals surface area (Å²) < 4.78 is 16.1. The number of hydrogen-bond donors (Lipinski definition) is 3. The monoisotopic (exact) mass is 506 g/mol. The molecule has 37 heavy (non-hydrogen) atoms. The van der Waals surface area contributed by atoms with Crippen LogP contribution in [0.4, 0.5) is 17.1 Å². The summed E-state index contributed by atoms with van der Waals surface area (Å²) in [5, 5.41) is 0. The number of ether oxygens (including phenoxy) is 3. The van der Waals surface area contributed by atoms with Crippen LogP contribution in [0.5, 0.6) is 0 Å². The maximum atomic E-state index is 12.3. The number of carbonyl (C=O) groups excluding carboxylic acids is 3.